The average Bonchev–Trinajstić information content (AvgIpc) is 2.67. The highest BCUT2D eigenvalue weighted by Crippen LogP contribution is 2.37. The van der Waals surface area contributed by atoms with Crippen molar-refractivity contribution in [1.29, 1.82) is 0 Å². The zero-order valence-corrected chi connectivity index (χ0v) is 14.1. The third-order valence-corrected chi connectivity index (χ3v) is 5.37. The average molecular weight is 448 g/mol. The Morgan fingerprint density at radius 2 is 1.85 bits per heavy atom. The first-order valence-electron chi connectivity index (χ1n) is 5.06. The summed E-state index contributed by atoms with van der Waals surface area (Å²) < 4.78 is 40.0. The van der Waals surface area contributed by atoms with Gasteiger partial charge in [-0.25, -0.2) is 0 Å². The lowest BCUT2D eigenvalue weighted by molar-refractivity contribution is -0.137. The Hall–Kier alpha value is -0.370. The number of carbonyl (C=O) groups excluding carboxylic acids is 1. The predicted octanol–water partition coefficient (Wildman–Crippen LogP) is 6.18. The van der Waals surface area contributed by atoms with E-state index in [1.54, 1.807) is 0 Å². The van der Waals surface area contributed by atoms with Crippen molar-refractivity contribution >= 4 is 60.6 Å². The molecule has 0 spiro atoms. The molecule has 0 amide bonds. The van der Waals surface area contributed by atoms with Gasteiger partial charge in [-0.05, 0) is 40.2 Å². The summed E-state index contributed by atoms with van der Waals surface area (Å²) in [6.07, 6.45) is -4.60. The van der Waals surface area contributed by atoms with Crippen LogP contribution in [0.5, 0.6) is 0 Å². The summed E-state index contributed by atoms with van der Waals surface area (Å²) in [4.78, 5) is 12.4. The number of hydrogen-bond donors (Lipinski definition) is 0. The topological polar surface area (TPSA) is 17.1 Å². The molecule has 0 saturated carbocycles. The van der Waals surface area contributed by atoms with E-state index in [4.69, 9.17) is 11.6 Å². The maximum absolute atomic E-state index is 13.0. The molecule has 1 heterocycles. The van der Waals surface area contributed by atoms with Crippen LogP contribution in [0.2, 0.25) is 4.34 Å². The van der Waals surface area contributed by atoms with E-state index in [1.807, 2.05) is 0 Å². The van der Waals surface area contributed by atoms with E-state index in [1.165, 1.54) is 12.1 Å². The lowest BCUT2D eigenvalue weighted by atomic mass is 10.0. The van der Waals surface area contributed by atoms with Crippen molar-refractivity contribution in [2.75, 3.05) is 0 Å². The minimum Gasteiger partial charge on any atom is -0.288 e. The SMILES string of the molecule is O=C(c1cc(Br)c(Cl)s1)c1ccc(Br)cc1C(F)(F)F. The molecule has 0 aliphatic carbocycles. The first kappa shape index (κ1) is 16.0. The van der Waals surface area contributed by atoms with Crippen molar-refractivity contribution in [2.24, 2.45) is 0 Å². The number of carbonyl (C=O) groups is 1. The molecule has 0 atom stereocenters. The van der Waals surface area contributed by atoms with Gasteiger partial charge in [0.2, 0.25) is 5.78 Å². The van der Waals surface area contributed by atoms with E-state index in [0.29, 0.717) is 8.81 Å². The van der Waals surface area contributed by atoms with Crippen LogP contribution < -0.4 is 0 Å². The third-order valence-electron chi connectivity index (χ3n) is 2.40. The summed E-state index contributed by atoms with van der Waals surface area (Å²) in [5.74, 6) is -0.706. The van der Waals surface area contributed by atoms with Crippen molar-refractivity contribution in [3.63, 3.8) is 0 Å². The van der Waals surface area contributed by atoms with E-state index in [9.17, 15) is 18.0 Å². The molecule has 8 heteroatoms. The van der Waals surface area contributed by atoms with Crippen molar-refractivity contribution in [1.82, 2.24) is 0 Å². The lowest BCUT2D eigenvalue weighted by Gasteiger charge is -2.11. The van der Waals surface area contributed by atoms with Gasteiger partial charge in [-0.1, -0.05) is 27.5 Å². The molecule has 2 rings (SSSR count). The van der Waals surface area contributed by atoms with Crippen LogP contribution in [0, 0.1) is 0 Å². The van der Waals surface area contributed by atoms with E-state index in [0.717, 1.165) is 23.5 Å². The molecule has 1 aromatic heterocycles. The van der Waals surface area contributed by atoms with Gasteiger partial charge in [-0.3, -0.25) is 4.79 Å². The fraction of sp³-hybridized carbons (Fsp3) is 0.0833. The summed E-state index contributed by atoms with van der Waals surface area (Å²) in [6, 6.07) is 4.85. The zero-order chi connectivity index (χ0) is 15.1. The lowest BCUT2D eigenvalue weighted by Crippen LogP contribution is -2.13. The van der Waals surface area contributed by atoms with Crippen molar-refractivity contribution in [3.05, 3.63) is 53.6 Å². The predicted molar refractivity (Wildman–Crippen MR) is 79.6 cm³/mol. The second kappa shape index (κ2) is 5.79. The van der Waals surface area contributed by atoms with Crippen LogP contribution in [0.1, 0.15) is 20.8 Å². The van der Waals surface area contributed by atoms with Gasteiger partial charge in [-0.2, -0.15) is 13.2 Å². The van der Waals surface area contributed by atoms with Gasteiger partial charge in [0, 0.05) is 14.5 Å². The highest BCUT2D eigenvalue weighted by molar-refractivity contribution is 9.10. The molecule has 0 N–H and O–H groups in total. The number of rotatable bonds is 2. The molecule has 0 saturated heterocycles. The van der Waals surface area contributed by atoms with Crippen LogP contribution in [0.3, 0.4) is 0 Å². The molecule has 0 radical (unpaired) electrons. The number of thiophene rings is 1. The van der Waals surface area contributed by atoms with E-state index < -0.39 is 23.1 Å². The minimum absolute atomic E-state index is 0.148. The Morgan fingerprint density at radius 3 is 2.35 bits per heavy atom. The monoisotopic (exact) mass is 446 g/mol. The Bertz CT molecular complexity index is 662. The first-order valence-corrected chi connectivity index (χ1v) is 7.84. The van der Waals surface area contributed by atoms with Crippen LogP contribution in [0.4, 0.5) is 13.2 Å². The normalized spacial score (nSPS) is 11.7. The fourth-order valence-corrected chi connectivity index (χ4v) is 3.56. The van der Waals surface area contributed by atoms with E-state index in [2.05, 4.69) is 31.9 Å². The summed E-state index contributed by atoms with van der Waals surface area (Å²) in [6.45, 7) is 0. The summed E-state index contributed by atoms with van der Waals surface area (Å²) in [5, 5.41) is 0. The fourth-order valence-electron chi connectivity index (χ4n) is 1.54. The highest BCUT2D eigenvalue weighted by atomic mass is 79.9. The van der Waals surface area contributed by atoms with Crippen molar-refractivity contribution < 1.29 is 18.0 Å². The van der Waals surface area contributed by atoms with Crippen LogP contribution in [0.15, 0.2) is 33.2 Å². The zero-order valence-electron chi connectivity index (χ0n) is 9.39. The van der Waals surface area contributed by atoms with Gasteiger partial charge in [0.1, 0.15) is 4.34 Å². The summed E-state index contributed by atoms with van der Waals surface area (Å²) in [5.41, 5.74) is -1.37. The Kier molecular flexibility index (Phi) is 4.63. The van der Waals surface area contributed by atoms with Crippen molar-refractivity contribution in [3.8, 4) is 0 Å². The number of ketones is 1. The maximum atomic E-state index is 13.0. The van der Waals surface area contributed by atoms with Gasteiger partial charge in [0.25, 0.3) is 0 Å². The molecule has 0 aliphatic rings. The maximum Gasteiger partial charge on any atom is 0.417 e. The second-order valence-corrected chi connectivity index (χ2v) is 7.17. The molecule has 0 aliphatic heterocycles. The van der Waals surface area contributed by atoms with Crippen LogP contribution in [-0.2, 0) is 6.18 Å². The summed E-state index contributed by atoms with van der Waals surface area (Å²) in [7, 11) is 0. The standard InChI is InChI=1S/C12H4Br2ClF3OS/c13-5-1-2-6(7(3-5)12(16,17)18)10(19)9-4-8(14)11(15)20-9/h1-4H. The molecule has 20 heavy (non-hydrogen) atoms. The molecule has 2 aromatic rings. The molecule has 106 valence electrons. The molecule has 0 unspecified atom stereocenters. The number of alkyl halides is 3. The largest absolute Gasteiger partial charge is 0.417 e. The minimum atomic E-state index is -4.60. The van der Waals surface area contributed by atoms with Crippen LogP contribution in [-0.4, -0.2) is 5.78 Å². The molecule has 1 aromatic carbocycles. The molecular weight excluding hydrogens is 444 g/mol. The van der Waals surface area contributed by atoms with Gasteiger partial charge < -0.3 is 0 Å². The third kappa shape index (κ3) is 3.27. The van der Waals surface area contributed by atoms with Crippen LogP contribution >= 0.6 is 54.8 Å². The van der Waals surface area contributed by atoms with Gasteiger partial charge in [-0.15, -0.1) is 11.3 Å². The smallest absolute Gasteiger partial charge is 0.288 e. The van der Waals surface area contributed by atoms with Gasteiger partial charge in [0.05, 0.1) is 10.4 Å². The highest BCUT2D eigenvalue weighted by Gasteiger charge is 2.35. The summed E-state index contributed by atoms with van der Waals surface area (Å²) >= 11 is 12.8. The molecule has 0 bridgehead atoms. The van der Waals surface area contributed by atoms with Gasteiger partial charge in [0.15, 0.2) is 0 Å². The first-order chi connectivity index (χ1) is 9.20. The number of benzene rings is 1. The second-order valence-electron chi connectivity index (χ2n) is 3.75. The Labute approximate surface area is 138 Å². The Balaban J connectivity index is 2.55. The van der Waals surface area contributed by atoms with E-state index in [-0.39, 0.29) is 9.35 Å². The van der Waals surface area contributed by atoms with Gasteiger partial charge >= 0.3 is 6.18 Å². The van der Waals surface area contributed by atoms with E-state index >= 15 is 0 Å². The molecular formula is C12H4Br2ClF3OS. The van der Waals surface area contributed by atoms with Crippen LogP contribution in [0.25, 0.3) is 0 Å². The number of halogens is 6. The van der Waals surface area contributed by atoms with Crippen molar-refractivity contribution in [2.45, 2.75) is 6.18 Å². The Morgan fingerprint density at radius 1 is 1.20 bits per heavy atom. The quantitative estimate of drug-likeness (QED) is 0.502. The molecule has 1 nitrogen and oxygen atoms in total. The molecule has 0 fully saturated rings. The number of hydrogen-bond acceptors (Lipinski definition) is 2.